The highest BCUT2D eigenvalue weighted by molar-refractivity contribution is 5.96. The molecule has 0 aliphatic carbocycles. The van der Waals surface area contributed by atoms with Crippen molar-refractivity contribution in [1.29, 1.82) is 0 Å². The van der Waals surface area contributed by atoms with Crippen LogP contribution < -0.4 is 14.8 Å². The molecule has 0 saturated heterocycles. The first-order chi connectivity index (χ1) is 17.4. The molecule has 1 atom stereocenters. The van der Waals surface area contributed by atoms with Crippen molar-refractivity contribution in [3.8, 4) is 11.6 Å². The summed E-state index contributed by atoms with van der Waals surface area (Å²) in [7, 11) is 0. The van der Waals surface area contributed by atoms with E-state index in [0.29, 0.717) is 22.9 Å². The lowest BCUT2D eigenvalue weighted by atomic mass is 10.1. The molecular weight excluding hydrogens is 465 g/mol. The molecule has 1 amide bonds. The van der Waals surface area contributed by atoms with Crippen LogP contribution in [0.15, 0.2) is 72.8 Å². The standard InChI is InChI=1S/C27H24FN3O5/c1-17-26(31-23-5-3-2-4-22(23)29-17)36-15-14-35-21-12-8-19(9-13-21)25(32)30-24(27(33)34)16-18-6-10-20(28)11-7-18/h2-13,24H,14-16H2,1H3,(H,30,32)(H,33,34)/t24-/m0/s1. The van der Waals surface area contributed by atoms with E-state index in [9.17, 15) is 19.1 Å². The summed E-state index contributed by atoms with van der Waals surface area (Å²) in [4.78, 5) is 33.1. The summed E-state index contributed by atoms with van der Waals surface area (Å²) in [6.07, 6.45) is 0.0314. The summed E-state index contributed by atoms with van der Waals surface area (Å²) in [5.74, 6) is -1.17. The highest BCUT2D eigenvalue weighted by Gasteiger charge is 2.21. The average Bonchev–Trinajstić information content (AvgIpc) is 2.88. The number of ether oxygens (including phenoxy) is 2. The number of aryl methyl sites for hydroxylation is 1. The van der Waals surface area contributed by atoms with Gasteiger partial charge in [-0.05, 0) is 61.0 Å². The number of carbonyl (C=O) groups is 2. The van der Waals surface area contributed by atoms with Gasteiger partial charge in [-0.2, -0.15) is 0 Å². The average molecular weight is 490 g/mol. The Morgan fingerprint density at radius 3 is 2.22 bits per heavy atom. The van der Waals surface area contributed by atoms with Crippen LogP contribution >= 0.6 is 0 Å². The second-order valence-corrected chi connectivity index (χ2v) is 8.02. The third-order valence-electron chi connectivity index (χ3n) is 5.37. The molecule has 0 radical (unpaired) electrons. The van der Waals surface area contributed by atoms with Crippen molar-refractivity contribution in [2.24, 2.45) is 0 Å². The number of hydrogen-bond acceptors (Lipinski definition) is 6. The highest BCUT2D eigenvalue weighted by Crippen LogP contribution is 2.18. The van der Waals surface area contributed by atoms with E-state index in [1.807, 2.05) is 31.2 Å². The molecule has 3 aromatic carbocycles. The minimum atomic E-state index is -1.18. The first-order valence-electron chi connectivity index (χ1n) is 11.3. The highest BCUT2D eigenvalue weighted by atomic mass is 19.1. The number of benzene rings is 3. The van der Waals surface area contributed by atoms with Gasteiger partial charge in [0, 0.05) is 12.0 Å². The van der Waals surface area contributed by atoms with Crippen LogP contribution in [0.1, 0.15) is 21.6 Å². The van der Waals surface area contributed by atoms with Gasteiger partial charge in [0.2, 0.25) is 5.88 Å². The lowest BCUT2D eigenvalue weighted by Gasteiger charge is -2.15. The second-order valence-electron chi connectivity index (χ2n) is 8.02. The normalized spacial score (nSPS) is 11.6. The monoisotopic (exact) mass is 489 g/mol. The van der Waals surface area contributed by atoms with Gasteiger partial charge in [-0.3, -0.25) is 4.79 Å². The fourth-order valence-electron chi connectivity index (χ4n) is 3.51. The van der Waals surface area contributed by atoms with Crippen LogP contribution in [0.25, 0.3) is 11.0 Å². The van der Waals surface area contributed by atoms with Crippen molar-refractivity contribution in [1.82, 2.24) is 15.3 Å². The Kier molecular flexibility index (Phi) is 7.69. The van der Waals surface area contributed by atoms with Crippen LogP contribution in [-0.2, 0) is 11.2 Å². The smallest absolute Gasteiger partial charge is 0.326 e. The van der Waals surface area contributed by atoms with Crippen molar-refractivity contribution < 1.29 is 28.6 Å². The Bertz CT molecular complexity index is 1360. The molecule has 0 bridgehead atoms. The van der Waals surface area contributed by atoms with Crippen molar-refractivity contribution >= 4 is 22.9 Å². The summed E-state index contributed by atoms with van der Waals surface area (Å²) >= 11 is 0. The Balaban J connectivity index is 1.28. The number of carbonyl (C=O) groups excluding carboxylic acids is 1. The topological polar surface area (TPSA) is 111 Å². The van der Waals surface area contributed by atoms with Gasteiger partial charge >= 0.3 is 5.97 Å². The van der Waals surface area contributed by atoms with Crippen LogP contribution in [0, 0.1) is 12.7 Å². The summed E-state index contributed by atoms with van der Waals surface area (Å²) in [5, 5.41) is 12.0. The molecule has 1 heterocycles. The van der Waals surface area contributed by atoms with Crippen molar-refractivity contribution in [2.75, 3.05) is 13.2 Å². The molecule has 9 heteroatoms. The van der Waals surface area contributed by atoms with Crippen LogP contribution in [0.5, 0.6) is 11.6 Å². The molecule has 0 spiro atoms. The molecule has 0 fully saturated rings. The van der Waals surface area contributed by atoms with E-state index in [1.165, 1.54) is 24.3 Å². The van der Waals surface area contributed by atoms with Crippen molar-refractivity contribution in [3.05, 3.63) is 95.4 Å². The van der Waals surface area contributed by atoms with Gasteiger partial charge in [0.05, 0.1) is 11.0 Å². The van der Waals surface area contributed by atoms with Crippen LogP contribution in [0.2, 0.25) is 0 Å². The number of carboxylic acids is 1. The number of halogens is 1. The fourth-order valence-corrected chi connectivity index (χ4v) is 3.51. The Morgan fingerprint density at radius 2 is 1.56 bits per heavy atom. The number of para-hydroxylation sites is 2. The van der Waals surface area contributed by atoms with E-state index >= 15 is 0 Å². The SMILES string of the molecule is Cc1nc2ccccc2nc1OCCOc1ccc(C(=O)N[C@@H](Cc2ccc(F)cc2)C(=O)O)cc1. The molecule has 4 aromatic rings. The number of nitrogens with zero attached hydrogens (tertiary/aromatic N) is 2. The number of hydrogen-bond donors (Lipinski definition) is 2. The summed E-state index contributed by atoms with van der Waals surface area (Å²) in [6.45, 7) is 2.33. The van der Waals surface area contributed by atoms with Gasteiger partial charge in [0.15, 0.2) is 0 Å². The molecule has 4 rings (SSSR count). The van der Waals surface area contributed by atoms with E-state index in [0.717, 1.165) is 11.0 Å². The molecule has 36 heavy (non-hydrogen) atoms. The second kappa shape index (κ2) is 11.3. The molecule has 0 aliphatic rings. The zero-order valence-electron chi connectivity index (χ0n) is 19.5. The van der Waals surface area contributed by atoms with E-state index in [-0.39, 0.29) is 25.2 Å². The van der Waals surface area contributed by atoms with Crippen LogP contribution in [-0.4, -0.2) is 46.2 Å². The van der Waals surface area contributed by atoms with E-state index in [2.05, 4.69) is 15.3 Å². The van der Waals surface area contributed by atoms with Crippen molar-refractivity contribution in [2.45, 2.75) is 19.4 Å². The maximum atomic E-state index is 13.1. The third-order valence-corrected chi connectivity index (χ3v) is 5.37. The number of aliphatic carboxylic acids is 1. The molecule has 1 aromatic heterocycles. The number of aromatic nitrogens is 2. The van der Waals surface area contributed by atoms with Crippen LogP contribution in [0.3, 0.4) is 0 Å². The van der Waals surface area contributed by atoms with Crippen LogP contribution in [0.4, 0.5) is 4.39 Å². The quantitative estimate of drug-likeness (QED) is 0.325. The molecule has 0 aliphatic heterocycles. The Labute approximate surface area is 206 Å². The summed E-state index contributed by atoms with van der Waals surface area (Å²) < 4.78 is 24.5. The summed E-state index contributed by atoms with van der Waals surface area (Å²) in [5.41, 5.74) is 3.11. The maximum Gasteiger partial charge on any atom is 0.326 e. The lowest BCUT2D eigenvalue weighted by molar-refractivity contribution is -0.139. The zero-order valence-corrected chi connectivity index (χ0v) is 19.5. The van der Waals surface area contributed by atoms with Gasteiger partial charge < -0.3 is 19.9 Å². The fraction of sp³-hybridized carbons (Fsp3) is 0.185. The van der Waals surface area contributed by atoms with Gasteiger partial charge in [-0.25, -0.2) is 19.2 Å². The predicted octanol–water partition coefficient (Wildman–Crippen LogP) is 3.96. The maximum absolute atomic E-state index is 13.1. The first kappa shape index (κ1) is 24.6. The van der Waals surface area contributed by atoms with Gasteiger partial charge in [0.1, 0.15) is 36.5 Å². The lowest BCUT2D eigenvalue weighted by Crippen LogP contribution is -2.42. The first-order valence-corrected chi connectivity index (χ1v) is 11.3. The number of nitrogens with one attached hydrogen (secondary N) is 1. The molecule has 0 unspecified atom stereocenters. The Morgan fingerprint density at radius 1 is 0.917 bits per heavy atom. The van der Waals surface area contributed by atoms with E-state index in [1.54, 1.807) is 24.3 Å². The number of rotatable bonds is 10. The van der Waals surface area contributed by atoms with E-state index in [4.69, 9.17) is 9.47 Å². The van der Waals surface area contributed by atoms with E-state index < -0.39 is 23.7 Å². The Hall–Kier alpha value is -4.53. The molecular formula is C27H24FN3O5. The summed E-state index contributed by atoms with van der Waals surface area (Å²) in [6, 6.07) is 18.2. The molecule has 8 nitrogen and oxygen atoms in total. The number of amides is 1. The number of fused-ring (bicyclic) bond motifs is 1. The van der Waals surface area contributed by atoms with Gasteiger partial charge in [-0.15, -0.1) is 0 Å². The minimum Gasteiger partial charge on any atom is -0.490 e. The van der Waals surface area contributed by atoms with Gasteiger partial charge in [-0.1, -0.05) is 24.3 Å². The predicted molar refractivity (Wildman–Crippen MR) is 131 cm³/mol. The molecule has 184 valence electrons. The zero-order chi connectivity index (χ0) is 25.5. The largest absolute Gasteiger partial charge is 0.490 e. The third kappa shape index (κ3) is 6.32. The molecule has 2 N–H and O–H groups in total. The number of carboxylic acid groups (broad SMARTS) is 1. The minimum absolute atomic E-state index is 0.0314. The van der Waals surface area contributed by atoms with Gasteiger partial charge in [0.25, 0.3) is 5.91 Å². The molecule has 0 saturated carbocycles. The van der Waals surface area contributed by atoms with Crippen molar-refractivity contribution in [3.63, 3.8) is 0 Å².